The van der Waals surface area contributed by atoms with E-state index in [4.69, 9.17) is 0 Å². The van der Waals surface area contributed by atoms with E-state index in [1.54, 1.807) is 0 Å². The van der Waals surface area contributed by atoms with Gasteiger partial charge in [-0.05, 0) is 38.5 Å². The van der Waals surface area contributed by atoms with Crippen molar-refractivity contribution in [2.24, 2.45) is 0 Å². The highest BCUT2D eigenvalue weighted by molar-refractivity contribution is 4.66. The predicted molar refractivity (Wildman–Crippen MR) is 108 cm³/mol. The van der Waals surface area contributed by atoms with Gasteiger partial charge in [-0.3, -0.25) is 0 Å². The second kappa shape index (κ2) is 20.5. The molecule has 0 aliphatic rings. The van der Waals surface area contributed by atoms with Gasteiger partial charge in [-0.2, -0.15) is 0 Å². The van der Waals surface area contributed by atoms with Gasteiger partial charge in [0, 0.05) is 0 Å². The molecule has 0 aliphatic carbocycles. The number of unbranched alkanes of at least 4 members (excludes halogenated alkanes) is 14. The maximum absolute atomic E-state index is 13.8. The minimum Gasteiger partial charge on any atom is -0.247 e. The number of allylic oxidation sites excluding steroid dienone is 2. The Morgan fingerprint density at radius 3 is 1.12 bits per heavy atom. The first kappa shape index (κ1) is 23.4. The van der Waals surface area contributed by atoms with Crippen LogP contribution in [0.2, 0.25) is 0 Å². The zero-order valence-corrected chi connectivity index (χ0v) is 16.3. The van der Waals surface area contributed by atoms with Crippen LogP contribution in [0.1, 0.15) is 116 Å². The Morgan fingerprint density at radius 2 is 0.792 bits per heavy atom. The largest absolute Gasteiger partial charge is 0.247 e. The van der Waals surface area contributed by atoms with Crippen LogP contribution >= 0.6 is 0 Å². The van der Waals surface area contributed by atoms with Crippen LogP contribution in [-0.2, 0) is 0 Å². The average molecular weight is 339 g/mol. The molecular formula is C23H43F. The summed E-state index contributed by atoms with van der Waals surface area (Å²) in [6.45, 7) is 7.49. The van der Waals surface area contributed by atoms with Gasteiger partial charge in [0.2, 0.25) is 0 Å². The van der Waals surface area contributed by atoms with Gasteiger partial charge < -0.3 is 0 Å². The second-order valence-electron chi connectivity index (χ2n) is 7.28. The molecule has 0 saturated heterocycles. The van der Waals surface area contributed by atoms with Gasteiger partial charge in [0.25, 0.3) is 0 Å². The van der Waals surface area contributed by atoms with E-state index < -0.39 is 6.17 Å². The van der Waals surface area contributed by atoms with E-state index in [0.29, 0.717) is 0 Å². The molecule has 0 spiro atoms. The van der Waals surface area contributed by atoms with Gasteiger partial charge in [0.05, 0.1) is 0 Å². The molecule has 0 saturated carbocycles. The molecule has 1 heteroatoms. The third-order valence-corrected chi connectivity index (χ3v) is 4.85. The number of hydrogen-bond donors (Lipinski definition) is 0. The van der Waals surface area contributed by atoms with Gasteiger partial charge in [-0.1, -0.05) is 89.2 Å². The molecule has 0 nitrogen and oxygen atoms in total. The highest BCUT2D eigenvalue weighted by Gasteiger charge is 2.05. The zero-order valence-electron chi connectivity index (χ0n) is 16.3. The fraction of sp³-hybridized carbons (Fsp3) is 0.826. The van der Waals surface area contributed by atoms with E-state index in [9.17, 15) is 4.39 Å². The number of halogens is 1. The zero-order chi connectivity index (χ0) is 17.7. The maximum Gasteiger partial charge on any atom is 0.100 e. The average Bonchev–Trinajstić information content (AvgIpc) is 2.59. The third-order valence-electron chi connectivity index (χ3n) is 4.85. The molecule has 0 aromatic heterocycles. The van der Waals surface area contributed by atoms with Crippen LogP contribution < -0.4 is 0 Å². The maximum atomic E-state index is 13.8. The SMILES string of the molecule is C=CCCCCCCCCCC(F)CCCCCCCCCC=C. The lowest BCUT2D eigenvalue weighted by molar-refractivity contribution is 0.279. The van der Waals surface area contributed by atoms with E-state index in [0.717, 1.165) is 38.5 Å². The summed E-state index contributed by atoms with van der Waals surface area (Å²) in [5, 5.41) is 0. The van der Waals surface area contributed by atoms with Crippen LogP contribution in [0.3, 0.4) is 0 Å². The highest BCUT2D eigenvalue weighted by atomic mass is 19.1. The minimum absolute atomic E-state index is 0.551. The molecule has 0 fully saturated rings. The molecule has 0 aromatic carbocycles. The van der Waals surface area contributed by atoms with E-state index in [-0.39, 0.29) is 0 Å². The summed E-state index contributed by atoms with van der Waals surface area (Å²) in [6.07, 6.45) is 25.0. The van der Waals surface area contributed by atoms with Gasteiger partial charge in [-0.25, -0.2) is 4.39 Å². The van der Waals surface area contributed by atoms with Crippen LogP contribution in [0.15, 0.2) is 25.3 Å². The third kappa shape index (κ3) is 19.5. The molecule has 0 amide bonds. The Balaban J connectivity index is 3.14. The Hall–Kier alpha value is -0.590. The van der Waals surface area contributed by atoms with E-state index in [1.807, 2.05) is 12.2 Å². The quantitative estimate of drug-likeness (QED) is 0.154. The van der Waals surface area contributed by atoms with Crippen molar-refractivity contribution < 1.29 is 4.39 Å². The molecule has 0 radical (unpaired) electrons. The van der Waals surface area contributed by atoms with Crippen LogP contribution in [0.5, 0.6) is 0 Å². The smallest absolute Gasteiger partial charge is 0.100 e. The van der Waals surface area contributed by atoms with Gasteiger partial charge in [-0.15, -0.1) is 13.2 Å². The van der Waals surface area contributed by atoms with Crippen LogP contribution in [0, 0.1) is 0 Å². The lowest BCUT2D eigenvalue weighted by Crippen LogP contribution is -2.00. The molecule has 142 valence electrons. The molecule has 0 aliphatic heterocycles. The molecule has 0 heterocycles. The van der Waals surface area contributed by atoms with Crippen molar-refractivity contribution in [3.8, 4) is 0 Å². The molecule has 0 aromatic rings. The molecule has 0 rings (SSSR count). The number of hydrogen-bond acceptors (Lipinski definition) is 0. The monoisotopic (exact) mass is 338 g/mol. The summed E-state index contributed by atoms with van der Waals surface area (Å²) >= 11 is 0. The Kier molecular flexibility index (Phi) is 20.0. The molecular weight excluding hydrogens is 295 g/mol. The molecule has 24 heavy (non-hydrogen) atoms. The standard InChI is InChI=1S/C23H43F/c1-3-5-7-9-11-13-15-17-19-21-23(24)22-20-18-16-14-12-10-8-6-4-2/h3-4,23H,1-2,5-22H2. The summed E-state index contributed by atoms with van der Waals surface area (Å²) in [5.41, 5.74) is 0. The summed E-state index contributed by atoms with van der Waals surface area (Å²) in [4.78, 5) is 0. The van der Waals surface area contributed by atoms with Crippen molar-refractivity contribution in [2.45, 2.75) is 122 Å². The van der Waals surface area contributed by atoms with Gasteiger partial charge in [0.1, 0.15) is 6.17 Å². The molecule has 0 atom stereocenters. The number of rotatable bonds is 20. The minimum atomic E-state index is -0.551. The Morgan fingerprint density at radius 1 is 0.500 bits per heavy atom. The molecule has 0 N–H and O–H groups in total. The van der Waals surface area contributed by atoms with Crippen molar-refractivity contribution >= 4 is 0 Å². The van der Waals surface area contributed by atoms with Crippen molar-refractivity contribution in [3.05, 3.63) is 25.3 Å². The normalized spacial score (nSPS) is 11.1. The van der Waals surface area contributed by atoms with Crippen LogP contribution in [0.4, 0.5) is 4.39 Å². The number of alkyl halides is 1. The summed E-state index contributed by atoms with van der Waals surface area (Å²) in [6, 6.07) is 0. The fourth-order valence-corrected chi connectivity index (χ4v) is 3.22. The summed E-state index contributed by atoms with van der Waals surface area (Å²) < 4.78 is 13.8. The molecule has 0 bridgehead atoms. The summed E-state index contributed by atoms with van der Waals surface area (Å²) in [7, 11) is 0. The second-order valence-corrected chi connectivity index (χ2v) is 7.28. The Labute approximate surface area is 152 Å². The van der Waals surface area contributed by atoms with Crippen LogP contribution in [0.25, 0.3) is 0 Å². The summed E-state index contributed by atoms with van der Waals surface area (Å²) in [5.74, 6) is 0. The first-order chi connectivity index (χ1) is 11.8. The van der Waals surface area contributed by atoms with E-state index >= 15 is 0 Å². The van der Waals surface area contributed by atoms with E-state index in [2.05, 4.69) is 13.2 Å². The van der Waals surface area contributed by atoms with Crippen molar-refractivity contribution in [3.63, 3.8) is 0 Å². The van der Waals surface area contributed by atoms with Crippen molar-refractivity contribution in [1.82, 2.24) is 0 Å². The van der Waals surface area contributed by atoms with E-state index in [1.165, 1.54) is 77.0 Å². The van der Waals surface area contributed by atoms with Crippen LogP contribution in [-0.4, -0.2) is 6.17 Å². The predicted octanol–water partition coefficient (Wildman–Crippen LogP) is 8.72. The van der Waals surface area contributed by atoms with Crippen molar-refractivity contribution in [1.29, 1.82) is 0 Å². The highest BCUT2D eigenvalue weighted by Crippen LogP contribution is 2.17. The molecule has 0 unspecified atom stereocenters. The topological polar surface area (TPSA) is 0 Å². The first-order valence-corrected chi connectivity index (χ1v) is 10.7. The van der Waals surface area contributed by atoms with Gasteiger partial charge >= 0.3 is 0 Å². The van der Waals surface area contributed by atoms with Gasteiger partial charge in [0.15, 0.2) is 0 Å². The Bertz CT molecular complexity index is 233. The lowest BCUT2D eigenvalue weighted by atomic mass is 10.0. The first-order valence-electron chi connectivity index (χ1n) is 10.7. The lowest BCUT2D eigenvalue weighted by Gasteiger charge is -2.08. The van der Waals surface area contributed by atoms with Crippen molar-refractivity contribution in [2.75, 3.05) is 0 Å². The fourth-order valence-electron chi connectivity index (χ4n) is 3.22.